The van der Waals surface area contributed by atoms with Gasteiger partial charge in [-0.1, -0.05) is 36.4 Å². The Balaban J connectivity index is 1.75. The summed E-state index contributed by atoms with van der Waals surface area (Å²) in [5, 5.41) is 18.1. The molecule has 2 aromatic rings. The van der Waals surface area contributed by atoms with E-state index in [-0.39, 0.29) is 11.2 Å². The molecule has 0 saturated heterocycles. The van der Waals surface area contributed by atoms with Crippen LogP contribution in [0.2, 0.25) is 0 Å². The second-order valence-electron chi connectivity index (χ2n) is 6.35. The van der Waals surface area contributed by atoms with E-state index in [1.165, 1.54) is 18.2 Å². The van der Waals surface area contributed by atoms with E-state index < -0.39 is 0 Å². The highest BCUT2D eigenvalue weighted by Crippen LogP contribution is 2.27. The van der Waals surface area contributed by atoms with E-state index in [1.807, 2.05) is 37.3 Å². The van der Waals surface area contributed by atoms with Crippen molar-refractivity contribution in [2.75, 3.05) is 11.4 Å². The molecule has 1 aromatic carbocycles. The van der Waals surface area contributed by atoms with Gasteiger partial charge in [0.25, 0.3) is 0 Å². The highest BCUT2D eigenvalue weighted by molar-refractivity contribution is 8.00. The zero-order valence-electron chi connectivity index (χ0n) is 15.0. The third-order valence-electron chi connectivity index (χ3n) is 4.49. The molecule has 1 amide bonds. The van der Waals surface area contributed by atoms with Crippen molar-refractivity contribution in [3.63, 3.8) is 0 Å². The second-order valence-corrected chi connectivity index (χ2v) is 7.66. The maximum Gasteiger partial charge on any atom is 0.240 e. The molecule has 0 bridgehead atoms. The quantitative estimate of drug-likeness (QED) is 0.729. The molecule has 1 atom stereocenters. The lowest BCUT2D eigenvalue weighted by Crippen LogP contribution is -2.37. The number of para-hydroxylation sites is 1. The first kappa shape index (κ1) is 18.5. The van der Waals surface area contributed by atoms with Gasteiger partial charge >= 0.3 is 0 Å². The number of anilines is 1. The minimum Gasteiger partial charge on any atom is -0.310 e. The van der Waals surface area contributed by atoms with Crippen LogP contribution in [0.3, 0.4) is 0 Å². The van der Waals surface area contributed by atoms with Crippen molar-refractivity contribution in [3.8, 4) is 6.07 Å². The van der Waals surface area contributed by atoms with Crippen LogP contribution in [0.4, 0.5) is 5.69 Å². The molecular weight excluding hydrogens is 346 g/mol. The van der Waals surface area contributed by atoms with Crippen molar-refractivity contribution >= 4 is 23.4 Å². The lowest BCUT2D eigenvalue weighted by Gasteiger charge is -2.24. The topological polar surface area (TPSA) is 74.8 Å². The van der Waals surface area contributed by atoms with E-state index >= 15 is 0 Å². The van der Waals surface area contributed by atoms with Gasteiger partial charge in [0, 0.05) is 25.2 Å². The number of thioether (sulfide) groups is 1. The normalized spacial score (nSPS) is 14.8. The van der Waals surface area contributed by atoms with Crippen molar-refractivity contribution in [2.24, 2.45) is 0 Å². The van der Waals surface area contributed by atoms with E-state index in [2.05, 4.69) is 20.8 Å². The highest BCUT2D eigenvalue weighted by atomic mass is 32.2. The number of aromatic nitrogens is 3. The maximum atomic E-state index is 13.0. The van der Waals surface area contributed by atoms with Crippen molar-refractivity contribution in [1.82, 2.24) is 14.8 Å². The molecule has 0 spiro atoms. The van der Waals surface area contributed by atoms with Gasteiger partial charge in [0.1, 0.15) is 5.82 Å². The summed E-state index contributed by atoms with van der Waals surface area (Å²) >= 11 is 1.45. The van der Waals surface area contributed by atoms with Gasteiger partial charge in [-0.2, -0.15) is 5.26 Å². The van der Waals surface area contributed by atoms with Gasteiger partial charge in [-0.05, 0) is 31.9 Å². The van der Waals surface area contributed by atoms with Crippen LogP contribution in [-0.4, -0.2) is 32.5 Å². The summed E-state index contributed by atoms with van der Waals surface area (Å²) in [6.45, 7) is 3.21. The molecule has 1 aliphatic rings. The summed E-state index contributed by atoms with van der Waals surface area (Å²) in [6, 6.07) is 11.6. The summed E-state index contributed by atoms with van der Waals surface area (Å²) in [5.41, 5.74) is 0.820. The van der Waals surface area contributed by atoms with Crippen LogP contribution in [0.25, 0.3) is 0 Å². The summed E-state index contributed by atoms with van der Waals surface area (Å²) < 4.78 is 2.16. The number of rotatable bonds is 6. The third-order valence-corrected chi connectivity index (χ3v) is 5.55. The van der Waals surface area contributed by atoms with Gasteiger partial charge in [-0.3, -0.25) is 4.79 Å². The first-order valence-electron chi connectivity index (χ1n) is 9.03. The Bertz CT molecular complexity index is 783. The van der Waals surface area contributed by atoms with Crippen LogP contribution in [0.15, 0.2) is 35.5 Å². The molecule has 0 N–H and O–H groups in total. The number of hydrogen-bond acceptors (Lipinski definition) is 5. The van der Waals surface area contributed by atoms with Gasteiger partial charge in [-0.15, -0.1) is 10.2 Å². The molecule has 0 fully saturated rings. The number of aryl methyl sites for hydroxylation is 1. The Labute approximate surface area is 158 Å². The molecule has 1 aromatic heterocycles. The zero-order valence-corrected chi connectivity index (χ0v) is 15.8. The molecular formula is C19H23N5OS. The lowest BCUT2D eigenvalue weighted by molar-refractivity contribution is -0.117. The second kappa shape index (κ2) is 8.86. The van der Waals surface area contributed by atoms with Crippen LogP contribution in [-0.2, 0) is 17.8 Å². The van der Waals surface area contributed by atoms with Gasteiger partial charge in [0.15, 0.2) is 5.16 Å². The maximum absolute atomic E-state index is 13.0. The van der Waals surface area contributed by atoms with Gasteiger partial charge in [0.2, 0.25) is 5.91 Å². The Hall–Kier alpha value is -2.33. The average molecular weight is 369 g/mol. The molecule has 0 saturated carbocycles. The van der Waals surface area contributed by atoms with E-state index in [0.29, 0.717) is 13.0 Å². The fourth-order valence-electron chi connectivity index (χ4n) is 3.11. The van der Waals surface area contributed by atoms with E-state index in [9.17, 15) is 4.79 Å². The number of nitriles is 1. The molecule has 7 heteroatoms. The number of carbonyl (C=O) groups excluding carboxylic acids is 1. The molecule has 0 radical (unpaired) electrons. The monoisotopic (exact) mass is 369 g/mol. The SMILES string of the molecule is C[C@H](Sc1nnc2n1CCCCC2)C(=O)N(CCC#N)c1ccccc1. The predicted octanol–water partition coefficient (Wildman–Crippen LogP) is 3.43. The van der Waals surface area contributed by atoms with Gasteiger partial charge in [-0.25, -0.2) is 0 Å². The molecule has 2 heterocycles. The number of carbonyl (C=O) groups is 1. The number of benzene rings is 1. The van der Waals surface area contributed by atoms with Gasteiger partial charge in [0.05, 0.1) is 17.7 Å². The number of nitrogens with zero attached hydrogens (tertiary/aromatic N) is 5. The minimum absolute atomic E-state index is 0.0116. The van der Waals surface area contributed by atoms with Crippen LogP contribution in [0.5, 0.6) is 0 Å². The molecule has 0 unspecified atom stereocenters. The van der Waals surface area contributed by atoms with Crippen molar-refractivity contribution < 1.29 is 4.79 Å². The van der Waals surface area contributed by atoms with Crippen LogP contribution in [0.1, 0.15) is 38.4 Å². The van der Waals surface area contributed by atoms with Crippen LogP contribution >= 0.6 is 11.8 Å². The Kier molecular flexibility index (Phi) is 6.29. The summed E-state index contributed by atoms with van der Waals surface area (Å²) in [4.78, 5) is 14.7. The number of hydrogen-bond donors (Lipinski definition) is 0. The van der Waals surface area contributed by atoms with Crippen molar-refractivity contribution in [2.45, 2.75) is 56.0 Å². The summed E-state index contributed by atoms with van der Waals surface area (Å²) in [5.74, 6) is 1.01. The van der Waals surface area contributed by atoms with E-state index in [0.717, 1.165) is 42.5 Å². The predicted molar refractivity (Wildman–Crippen MR) is 102 cm³/mol. The molecule has 3 rings (SSSR count). The molecule has 136 valence electrons. The first-order chi connectivity index (χ1) is 12.7. The largest absolute Gasteiger partial charge is 0.310 e. The minimum atomic E-state index is -0.301. The van der Waals surface area contributed by atoms with E-state index in [4.69, 9.17) is 5.26 Å². The molecule has 6 nitrogen and oxygen atoms in total. The fraction of sp³-hybridized carbons (Fsp3) is 0.474. The Morgan fingerprint density at radius 1 is 1.31 bits per heavy atom. The fourth-order valence-corrected chi connectivity index (χ4v) is 4.07. The molecule has 26 heavy (non-hydrogen) atoms. The highest BCUT2D eigenvalue weighted by Gasteiger charge is 2.25. The summed E-state index contributed by atoms with van der Waals surface area (Å²) in [7, 11) is 0. The van der Waals surface area contributed by atoms with Crippen LogP contribution < -0.4 is 4.90 Å². The molecule has 0 aliphatic carbocycles. The first-order valence-corrected chi connectivity index (χ1v) is 9.91. The van der Waals surface area contributed by atoms with Crippen molar-refractivity contribution in [3.05, 3.63) is 36.2 Å². The Morgan fingerprint density at radius 3 is 2.88 bits per heavy atom. The van der Waals surface area contributed by atoms with Crippen molar-refractivity contribution in [1.29, 1.82) is 5.26 Å². The summed E-state index contributed by atoms with van der Waals surface area (Å²) in [6.07, 6.45) is 4.73. The van der Waals surface area contributed by atoms with Gasteiger partial charge < -0.3 is 9.47 Å². The number of amides is 1. The third kappa shape index (κ3) is 4.25. The lowest BCUT2D eigenvalue weighted by atomic mass is 10.2. The average Bonchev–Trinajstić information content (AvgIpc) is 2.89. The Morgan fingerprint density at radius 2 is 2.12 bits per heavy atom. The zero-order chi connectivity index (χ0) is 18.4. The van der Waals surface area contributed by atoms with Crippen LogP contribution in [0, 0.1) is 11.3 Å². The van der Waals surface area contributed by atoms with E-state index in [1.54, 1.807) is 4.90 Å². The number of fused-ring (bicyclic) bond motifs is 1. The standard InChI is InChI=1S/C19H23N5OS/c1-15(26-19-22-21-17-11-6-3-7-13-24(17)19)18(25)23(14-8-12-20)16-9-4-2-5-10-16/h2,4-5,9-10,15H,3,6-8,11,13-14H2,1H3/t15-/m0/s1. The smallest absolute Gasteiger partial charge is 0.240 e. The molecule has 1 aliphatic heterocycles.